The molecule has 5 fully saturated rings. The van der Waals surface area contributed by atoms with Gasteiger partial charge in [-0.2, -0.15) is 0 Å². The second-order valence-corrected chi connectivity index (χ2v) is 10.5. The molecule has 0 aromatic rings. The summed E-state index contributed by atoms with van der Waals surface area (Å²) in [4.78, 5) is 24.1. The van der Waals surface area contributed by atoms with Gasteiger partial charge >= 0.3 is 5.97 Å². The van der Waals surface area contributed by atoms with Gasteiger partial charge in [-0.3, -0.25) is 9.59 Å². The second-order valence-electron chi connectivity index (χ2n) is 10.5. The minimum absolute atomic E-state index is 0.0320. The Labute approximate surface area is 161 Å². The first kappa shape index (κ1) is 16.6. The van der Waals surface area contributed by atoms with Crippen LogP contribution in [-0.2, 0) is 14.3 Å². The predicted octanol–water partition coefficient (Wildman–Crippen LogP) is 4.47. The first-order valence-electron chi connectivity index (χ1n) is 11.1. The molecular formula is C24H30O3. The summed E-state index contributed by atoms with van der Waals surface area (Å²) in [5, 5.41) is 0. The monoisotopic (exact) mass is 366 g/mol. The topological polar surface area (TPSA) is 43.4 Å². The van der Waals surface area contributed by atoms with Crippen LogP contribution in [0.1, 0.15) is 58.3 Å². The van der Waals surface area contributed by atoms with Crippen LogP contribution in [0.15, 0.2) is 24.3 Å². The van der Waals surface area contributed by atoms with Crippen molar-refractivity contribution < 1.29 is 14.3 Å². The van der Waals surface area contributed by atoms with Crippen LogP contribution in [0, 0.1) is 46.8 Å². The molecule has 6 rings (SSSR count). The van der Waals surface area contributed by atoms with Gasteiger partial charge in [0, 0.05) is 24.2 Å². The summed E-state index contributed by atoms with van der Waals surface area (Å²) in [6.07, 6.45) is 12.2. The Morgan fingerprint density at radius 3 is 2.78 bits per heavy atom. The van der Waals surface area contributed by atoms with Crippen molar-refractivity contribution in [2.45, 2.75) is 63.9 Å². The van der Waals surface area contributed by atoms with Gasteiger partial charge in [-0.15, -0.1) is 6.58 Å². The molecule has 5 aliphatic carbocycles. The molecule has 144 valence electrons. The highest BCUT2D eigenvalue weighted by Gasteiger charge is 2.79. The van der Waals surface area contributed by atoms with Gasteiger partial charge in [0.25, 0.3) is 0 Å². The first-order valence-corrected chi connectivity index (χ1v) is 11.1. The lowest BCUT2D eigenvalue weighted by atomic mass is 9.46. The minimum atomic E-state index is -0.172. The van der Waals surface area contributed by atoms with Crippen molar-refractivity contribution in [1.82, 2.24) is 0 Å². The third kappa shape index (κ3) is 1.89. The Balaban J connectivity index is 1.42. The van der Waals surface area contributed by atoms with Crippen LogP contribution in [0.4, 0.5) is 0 Å². The summed E-state index contributed by atoms with van der Waals surface area (Å²) in [6.45, 7) is 6.66. The molecule has 0 amide bonds. The van der Waals surface area contributed by atoms with Crippen LogP contribution in [-0.4, -0.2) is 17.4 Å². The minimum Gasteiger partial charge on any atom is -0.458 e. The molecule has 0 aromatic heterocycles. The number of allylic oxidation sites excluding steroid dienone is 2. The maximum Gasteiger partial charge on any atom is 0.306 e. The molecule has 0 bridgehead atoms. The van der Waals surface area contributed by atoms with E-state index in [9.17, 15) is 9.59 Å². The second kappa shape index (κ2) is 5.15. The van der Waals surface area contributed by atoms with E-state index in [0.29, 0.717) is 47.7 Å². The van der Waals surface area contributed by atoms with Crippen molar-refractivity contribution in [2.24, 2.45) is 46.8 Å². The van der Waals surface area contributed by atoms with E-state index in [4.69, 9.17) is 4.74 Å². The maximum absolute atomic E-state index is 12.1. The lowest BCUT2D eigenvalue weighted by Gasteiger charge is -2.59. The quantitative estimate of drug-likeness (QED) is 0.508. The highest BCUT2D eigenvalue weighted by atomic mass is 16.6. The smallest absolute Gasteiger partial charge is 0.306 e. The number of carbonyl (C=O) groups excluding carboxylic acids is 2. The summed E-state index contributed by atoms with van der Waals surface area (Å²) in [5.41, 5.74) is 1.38. The number of esters is 1. The molecule has 0 radical (unpaired) electrons. The van der Waals surface area contributed by atoms with Crippen LogP contribution in [0.2, 0.25) is 0 Å². The molecule has 6 unspecified atom stereocenters. The van der Waals surface area contributed by atoms with Gasteiger partial charge in [0.2, 0.25) is 0 Å². The Bertz CT molecular complexity index is 780. The molecule has 9 atom stereocenters. The molecule has 1 heterocycles. The molecule has 0 aromatic carbocycles. The highest BCUT2D eigenvalue weighted by molar-refractivity contribution is 5.91. The normalized spacial score (nSPS) is 55.1. The summed E-state index contributed by atoms with van der Waals surface area (Å²) in [7, 11) is 0. The van der Waals surface area contributed by atoms with E-state index >= 15 is 0 Å². The van der Waals surface area contributed by atoms with Crippen molar-refractivity contribution in [3.8, 4) is 0 Å². The molecule has 1 saturated heterocycles. The van der Waals surface area contributed by atoms with E-state index in [0.717, 1.165) is 31.6 Å². The van der Waals surface area contributed by atoms with Gasteiger partial charge in [0.1, 0.15) is 5.60 Å². The molecule has 1 aliphatic heterocycles. The molecule has 27 heavy (non-hydrogen) atoms. The van der Waals surface area contributed by atoms with Gasteiger partial charge in [-0.25, -0.2) is 0 Å². The van der Waals surface area contributed by atoms with Crippen LogP contribution >= 0.6 is 0 Å². The van der Waals surface area contributed by atoms with Crippen LogP contribution in [0.25, 0.3) is 0 Å². The van der Waals surface area contributed by atoms with Crippen LogP contribution in [0.5, 0.6) is 0 Å². The van der Waals surface area contributed by atoms with E-state index in [1.165, 1.54) is 24.8 Å². The molecule has 4 saturated carbocycles. The fourth-order valence-electron chi connectivity index (χ4n) is 8.87. The van der Waals surface area contributed by atoms with Gasteiger partial charge in [0.05, 0.1) is 0 Å². The number of hydrogen-bond acceptors (Lipinski definition) is 3. The summed E-state index contributed by atoms with van der Waals surface area (Å²) in [5.74, 6) is 4.79. The molecule has 3 heteroatoms. The van der Waals surface area contributed by atoms with Gasteiger partial charge in [-0.1, -0.05) is 18.6 Å². The van der Waals surface area contributed by atoms with Gasteiger partial charge < -0.3 is 4.74 Å². The molecule has 0 N–H and O–H groups in total. The van der Waals surface area contributed by atoms with Crippen molar-refractivity contribution >= 4 is 11.8 Å². The Hall–Kier alpha value is -1.38. The van der Waals surface area contributed by atoms with Crippen molar-refractivity contribution in [3.05, 3.63) is 24.3 Å². The number of rotatable bonds is 1. The predicted molar refractivity (Wildman–Crippen MR) is 102 cm³/mol. The summed E-state index contributed by atoms with van der Waals surface area (Å²) in [6, 6.07) is 0. The number of fused-ring (bicyclic) bond motifs is 9. The number of ether oxygens (including phenoxy) is 1. The zero-order valence-electron chi connectivity index (χ0n) is 16.3. The van der Waals surface area contributed by atoms with E-state index in [1.54, 1.807) is 0 Å². The van der Waals surface area contributed by atoms with Gasteiger partial charge in [-0.05, 0) is 80.1 Å². The number of ketones is 1. The fourth-order valence-corrected chi connectivity index (χ4v) is 8.87. The largest absolute Gasteiger partial charge is 0.458 e. The maximum atomic E-state index is 12.1. The van der Waals surface area contributed by atoms with E-state index < -0.39 is 0 Å². The lowest BCUT2D eigenvalue weighted by molar-refractivity contribution is -0.175. The van der Waals surface area contributed by atoms with E-state index in [-0.39, 0.29) is 17.0 Å². The average molecular weight is 367 g/mol. The fraction of sp³-hybridized carbons (Fsp3) is 0.750. The lowest BCUT2D eigenvalue weighted by Crippen LogP contribution is -2.56. The third-order valence-electron chi connectivity index (χ3n) is 9.81. The Morgan fingerprint density at radius 1 is 1.19 bits per heavy atom. The molecule has 1 spiro atoms. The highest BCUT2D eigenvalue weighted by Crippen LogP contribution is 2.78. The van der Waals surface area contributed by atoms with E-state index in [2.05, 4.69) is 19.6 Å². The number of carbonyl (C=O) groups is 2. The van der Waals surface area contributed by atoms with Crippen molar-refractivity contribution in [3.63, 3.8) is 0 Å². The SMILES string of the molecule is C=C[C@@H]1CC2=CC(=O)CCC2C2CC[C@@]3(C)C(C4CC4[C@@]34CCC(=O)O4)C21. The average Bonchev–Trinajstić information content (AvgIpc) is 3.29. The molecular weight excluding hydrogens is 336 g/mol. The molecule has 6 aliphatic rings. The standard InChI is InChI=1S/C24H30O3/c1-3-13-10-14-11-15(25)4-5-16(14)17-6-8-23(2)22(21(13)17)18-12-19(18)24(23)9-7-20(26)27-24/h3,11,13,16-19,21-22H,1,4-10,12H2,2H3/t13-,16?,17?,18?,19?,21?,22?,23+,24+/m1/s1. The summed E-state index contributed by atoms with van der Waals surface area (Å²) >= 11 is 0. The zero-order chi connectivity index (χ0) is 18.6. The summed E-state index contributed by atoms with van der Waals surface area (Å²) < 4.78 is 6.18. The van der Waals surface area contributed by atoms with Crippen LogP contribution < -0.4 is 0 Å². The first-order chi connectivity index (χ1) is 13.0. The Kier molecular flexibility index (Phi) is 3.16. The Morgan fingerprint density at radius 2 is 2.04 bits per heavy atom. The van der Waals surface area contributed by atoms with Crippen LogP contribution in [0.3, 0.4) is 0 Å². The van der Waals surface area contributed by atoms with Crippen molar-refractivity contribution in [1.29, 1.82) is 0 Å². The van der Waals surface area contributed by atoms with Gasteiger partial charge in [0.15, 0.2) is 5.78 Å². The third-order valence-corrected chi connectivity index (χ3v) is 9.81. The number of hydrogen-bond donors (Lipinski definition) is 0. The zero-order valence-corrected chi connectivity index (χ0v) is 16.3. The van der Waals surface area contributed by atoms with E-state index in [1.807, 2.05) is 6.08 Å². The van der Waals surface area contributed by atoms with Crippen molar-refractivity contribution in [2.75, 3.05) is 0 Å². The molecule has 3 nitrogen and oxygen atoms in total.